The number of esters is 3. The first-order chi connectivity index (χ1) is 34.5. The number of hydrogen-bond donors (Lipinski definition) is 0. The van der Waals surface area contributed by atoms with Gasteiger partial charge in [0, 0.05) is 19.3 Å². The highest BCUT2D eigenvalue weighted by molar-refractivity contribution is 5.71. The second kappa shape index (κ2) is 57.9. The van der Waals surface area contributed by atoms with E-state index < -0.39 is 6.10 Å². The van der Waals surface area contributed by atoms with Crippen LogP contribution in [0.1, 0.15) is 271 Å². The van der Waals surface area contributed by atoms with E-state index in [0.717, 1.165) is 122 Å². The zero-order valence-corrected chi connectivity index (χ0v) is 45.8. The number of allylic oxidation sites excluding steroid dienone is 16. The molecule has 0 aromatic carbocycles. The first-order valence-corrected chi connectivity index (χ1v) is 29.2. The van der Waals surface area contributed by atoms with Gasteiger partial charge in [0.1, 0.15) is 13.2 Å². The van der Waals surface area contributed by atoms with Crippen LogP contribution in [0.2, 0.25) is 0 Å². The molecule has 0 aliphatic rings. The van der Waals surface area contributed by atoms with Crippen molar-refractivity contribution >= 4 is 17.9 Å². The highest BCUT2D eigenvalue weighted by atomic mass is 16.6. The first kappa shape index (κ1) is 66.3. The highest BCUT2D eigenvalue weighted by Crippen LogP contribution is 2.15. The number of rotatable bonds is 52. The molecule has 6 nitrogen and oxygen atoms in total. The van der Waals surface area contributed by atoms with Crippen LogP contribution in [-0.4, -0.2) is 37.2 Å². The van der Waals surface area contributed by atoms with Crippen molar-refractivity contribution in [1.29, 1.82) is 0 Å². The maximum atomic E-state index is 12.9. The number of ether oxygens (including phenoxy) is 3. The minimum Gasteiger partial charge on any atom is -0.462 e. The topological polar surface area (TPSA) is 78.9 Å². The van der Waals surface area contributed by atoms with Crippen molar-refractivity contribution in [1.82, 2.24) is 0 Å². The molecule has 0 fully saturated rings. The van der Waals surface area contributed by atoms with Crippen LogP contribution in [0.15, 0.2) is 97.2 Å². The van der Waals surface area contributed by atoms with E-state index in [1.54, 1.807) is 0 Å². The van der Waals surface area contributed by atoms with Crippen molar-refractivity contribution in [2.24, 2.45) is 0 Å². The Hall–Kier alpha value is -3.67. The molecule has 70 heavy (non-hydrogen) atoms. The number of hydrogen-bond acceptors (Lipinski definition) is 6. The average Bonchev–Trinajstić information content (AvgIpc) is 3.36. The summed E-state index contributed by atoms with van der Waals surface area (Å²) in [4.78, 5) is 38.2. The minimum absolute atomic E-state index is 0.0923. The van der Waals surface area contributed by atoms with Crippen molar-refractivity contribution in [3.63, 3.8) is 0 Å². The summed E-state index contributed by atoms with van der Waals surface area (Å²) in [7, 11) is 0. The summed E-state index contributed by atoms with van der Waals surface area (Å²) in [6.07, 6.45) is 76.8. The molecule has 1 unspecified atom stereocenters. The largest absolute Gasteiger partial charge is 0.462 e. The molecule has 0 rings (SSSR count). The molecular formula is C64H108O6. The van der Waals surface area contributed by atoms with Gasteiger partial charge in [0.05, 0.1) is 0 Å². The minimum atomic E-state index is -0.798. The molecule has 0 aliphatic heterocycles. The van der Waals surface area contributed by atoms with E-state index in [1.165, 1.54) is 109 Å². The summed E-state index contributed by atoms with van der Waals surface area (Å²) in [5.41, 5.74) is 0. The summed E-state index contributed by atoms with van der Waals surface area (Å²) in [5.74, 6) is -0.933. The van der Waals surface area contributed by atoms with Gasteiger partial charge in [-0.1, -0.05) is 246 Å². The molecule has 0 heterocycles. The third kappa shape index (κ3) is 55.3. The quantitative estimate of drug-likeness (QED) is 0.0262. The molecular weight excluding hydrogens is 865 g/mol. The van der Waals surface area contributed by atoms with Gasteiger partial charge in [0.2, 0.25) is 0 Å². The Morgan fingerprint density at radius 1 is 0.300 bits per heavy atom. The fraction of sp³-hybridized carbons (Fsp3) is 0.703. The molecule has 0 aliphatic carbocycles. The van der Waals surface area contributed by atoms with Gasteiger partial charge in [-0.25, -0.2) is 0 Å². The third-order valence-corrected chi connectivity index (χ3v) is 12.3. The van der Waals surface area contributed by atoms with Gasteiger partial charge in [0.15, 0.2) is 6.10 Å². The lowest BCUT2D eigenvalue weighted by Crippen LogP contribution is -2.30. The predicted molar refractivity (Wildman–Crippen MR) is 302 cm³/mol. The second-order valence-corrected chi connectivity index (χ2v) is 19.2. The fourth-order valence-corrected chi connectivity index (χ4v) is 7.95. The SMILES string of the molecule is CC/C=C\C/C=C\C/C=C\C/C=C\C/C=C\CCCCCC(=O)OCC(COC(=O)CCCCCCCCCCCCCCCC)OC(=O)CCCCCCCC/C=C\C/C=C\C/C=C\CCCCC. The summed E-state index contributed by atoms with van der Waals surface area (Å²) in [5, 5.41) is 0. The smallest absolute Gasteiger partial charge is 0.306 e. The van der Waals surface area contributed by atoms with E-state index in [0.29, 0.717) is 19.3 Å². The Bertz CT molecular complexity index is 1400. The van der Waals surface area contributed by atoms with Crippen LogP contribution in [0, 0.1) is 0 Å². The van der Waals surface area contributed by atoms with E-state index in [9.17, 15) is 14.4 Å². The lowest BCUT2D eigenvalue weighted by molar-refractivity contribution is -0.167. The Labute approximate surface area is 432 Å². The van der Waals surface area contributed by atoms with Crippen LogP contribution in [0.25, 0.3) is 0 Å². The lowest BCUT2D eigenvalue weighted by atomic mass is 10.0. The normalized spacial score (nSPS) is 12.8. The number of carbonyl (C=O) groups excluding carboxylic acids is 3. The van der Waals surface area contributed by atoms with Crippen LogP contribution in [0.3, 0.4) is 0 Å². The van der Waals surface area contributed by atoms with Crippen LogP contribution < -0.4 is 0 Å². The Morgan fingerprint density at radius 2 is 0.557 bits per heavy atom. The zero-order valence-electron chi connectivity index (χ0n) is 45.8. The molecule has 0 spiro atoms. The van der Waals surface area contributed by atoms with E-state index in [1.807, 2.05) is 0 Å². The van der Waals surface area contributed by atoms with E-state index >= 15 is 0 Å². The predicted octanol–water partition coefficient (Wildman–Crippen LogP) is 19.7. The molecule has 0 N–H and O–H groups in total. The van der Waals surface area contributed by atoms with Crippen molar-refractivity contribution < 1.29 is 28.6 Å². The monoisotopic (exact) mass is 973 g/mol. The van der Waals surface area contributed by atoms with Crippen LogP contribution >= 0.6 is 0 Å². The first-order valence-electron chi connectivity index (χ1n) is 29.2. The summed E-state index contributed by atoms with van der Waals surface area (Å²) in [6.45, 7) is 6.47. The van der Waals surface area contributed by atoms with Gasteiger partial charge in [-0.3, -0.25) is 14.4 Å². The van der Waals surface area contributed by atoms with Gasteiger partial charge in [-0.15, -0.1) is 0 Å². The maximum Gasteiger partial charge on any atom is 0.306 e. The number of carbonyl (C=O) groups is 3. The molecule has 0 amide bonds. The third-order valence-electron chi connectivity index (χ3n) is 12.3. The van der Waals surface area contributed by atoms with Gasteiger partial charge < -0.3 is 14.2 Å². The molecule has 0 saturated heterocycles. The maximum absolute atomic E-state index is 12.9. The van der Waals surface area contributed by atoms with Gasteiger partial charge in [-0.2, -0.15) is 0 Å². The van der Waals surface area contributed by atoms with Crippen molar-refractivity contribution in [2.45, 2.75) is 277 Å². The van der Waals surface area contributed by atoms with Crippen LogP contribution in [0.5, 0.6) is 0 Å². The molecule has 0 bridgehead atoms. The van der Waals surface area contributed by atoms with Crippen molar-refractivity contribution in [3.05, 3.63) is 97.2 Å². The van der Waals surface area contributed by atoms with E-state index in [2.05, 4.69) is 118 Å². The molecule has 0 aromatic heterocycles. The van der Waals surface area contributed by atoms with Gasteiger partial charge in [0.25, 0.3) is 0 Å². The molecule has 400 valence electrons. The fourth-order valence-electron chi connectivity index (χ4n) is 7.95. The van der Waals surface area contributed by atoms with Crippen molar-refractivity contribution in [2.75, 3.05) is 13.2 Å². The Kier molecular flexibility index (Phi) is 54.9. The average molecular weight is 974 g/mol. The highest BCUT2D eigenvalue weighted by Gasteiger charge is 2.19. The van der Waals surface area contributed by atoms with Crippen LogP contribution in [0.4, 0.5) is 0 Å². The van der Waals surface area contributed by atoms with Crippen LogP contribution in [-0.2, 0) is 28.6 Å². The number of unbranched alkanes of at least 4 members (excludes halogenated alkanes) is 25. The molecule has 0 saturated carbocycles. The lowest BCUT2D eigenvalue weighted by Gasteiger charge is -2.18. The Morgan fingerprint density at radius 3 is 0.914 bits per heavy atom. The zero-order chi connectivity index (χ0) is 50.7. The van der Waals surface area contributed by atoms with Crippen molar-refractivity contribution in [3.8, 4) is 0 Å². The summed E-state index contributed by atoms with van der Waals surface area (Å²) < 4.78 is 16.9. The van der Waals surface area contributed by atoms with Gasteiger partial charge >= 0.3 is 17.9 Å². The van der Waals surface area contributed by atoms with Gasteiger partial charge in [-0.05, 0) is 103 Å². The molecule has 0 radical (unpaired) electrons. The summed E-state index contributed by atoms with van der Waals surface area (Å²) in [6, 6.07) is 0. The standard InChI is InChI=1S/C64H108O6/c1-4-7-10-13-16-19-22-25-28-30-32-34-36-39-42-45-48-51-54-57-63(66)69-60-61(59-68-62(65)56-53-50-47-44-41-38-27-24-21-18-15-12-9-6-3)70-64(67)58-55-52-49-46-43-40-37-35-33-31-29-26-23-20-17-14-11-8-5-2/h7,10,16-17,19-20,25-26,28-29,32-35,39,42,61H,4-6,8-9,11-15,18,21-24,27,30-31,36-38,40-41,43-60H2,1-3H3/b10-7-,19-16-,20-17-,28-25-,29-26-,34-32-,35-33-,42-39-. The van der Waals surface area contributed by atoms with E-state index in [4.69, 9.17) is 14.2 Å². The van der Waals surface area contributed by atoms with E-state index in [-0.39, 0.29) is 31.1 Å². The molecule has 6 heteroatoms. The Balaban J connectivity index is 4.47. The molecule has 0 aromatic rings. The summed E-state index contributed by atoms with van der Waals surface area (Å²) >= 11 is 0. The molecule has 1 atom stereocenters. The second-order valence-electron chi connectivity index (χ2n) is 19.2.